The lowest BCUT2D eigenvalue weighted by Gasteiger charge is -2.30. The van der Waals surface area contributed by atoms with Gasteiger partial charge >= 0.3 is 6.18 Å². The van der Waals surface area contributed by atoms with Crippen molar-refractivity contribution in [2.24, 2.45) is 5.92 Å². The van der Waals surface area contributed by atoms with Gasteiger partial charge in [-0.25, -0.2) is 4.52 Å². The number of hydrogen-bond acceptors (Lipinski definition) is 8. The van der Waals surface area contributed by atoms with Crippen molar-refractivity contribution in [3.05, 3.63) is 59.8 Å². The van der Waals surface area contributed by atoms with E-state index in [1.54, 1.807) is 43.2 Å². The number of anilines is 1. The third-order valence-electron chi connectivity index (χ3n) is 6.89. The van der Waals surface area contributed by atoms with Gasteiger partial charge in [0.15, 0.2) is 5.65 Å². The van der Waals surface area contributed by atoms with Crippen LogP contribution in [-0.2, 0) is 10.9 Å². The first-order valence-electron chi connectivity index (χ1n) is 12.7. The van der Waals surface area contributed by atoms with E-state index in [9.17, 15) is 23.1 Å². The maximum absolute atomic E-state index is 13.2. The zero-order valence-electron chi connectivity index (χ0n) is 21.9. The summed E-state index contributed by atoms with van der Waals surface area (Å²) >= 11 is 0. The van der Waals surface area contributed by atoms with E-state index in [1.807, 2.05) is 0 Å². The minimum absolute atomic E-state index is 0.0160. The molecular weight excluding hydrogens is 529 g/mol. The molecule has 1 fully saturated rings. The fourth-order valence-corrected chi connectivity index (χ4v) is 4.80. The van der Waals surface area contributed by atoms with Gasteiger partial charge in [-0.2, -0.15) is 23.3 Å². The van der Waals surface area contributed by atoms with Crippen molar-refractivity contribution in [3.63, 3.8) is 0 Å². The molecule has 1 saturated heterocycles. The van der Waals surface area contributed by atoms with E-state index in [1.165, 1.54) is 16.8 Å². The Morgan fingerprint density at radius 2 is 1.95 bits per heavy atom. The number of aliphatic hydroxyl groups excluding tert-OH is 1. The minimum Gasteiger partial charge on any atom is -0.394 e. The Labute approximate surface area is 227 Å². The normalized spacial score (nSPS) is 15.8. The first-order valence-corrected chi connectivity index (χ1v) is 12.7. The third-order valence-corrected chi connectivity index (χ3v) is 6.89. The van der Waals surface area contributed by atoms with Crippen molar-refractivity contribution in [2.45, 2.75) is 44.4 Å². The van der Waals surface area contributed by atoms with Gasteiger partial charge in [-0.1, -0.05) is 6.07 Å². The van der Waals surface area contributed by atoms with E-state index in [0.29, 0.717) is 42.7 Å². The molecule has 1 unspecified atom stereocenters. The Kier molecular flexibility index (Phi) is 7.23. The standard InChI is InChI=1S/C26H29F3N8O3/c1-25(2,14-38)34-23(39)19-9-17(12-37-22(19)33-24(30)35-37)18-11-32-36(13-18)21(15-5-7-40-8-6-15)16-3-4-20(31-10-16)26(27,28)29/h3-4,9-13,15,21,38H,5-8,14H2,1-2H3,(H2,30,35)(H,34,39). The molecule has 0 radical (unpaired) electrons. The molecule has 4 aromatic heterocycles. The van der Waals surface area contributed by atoms with Crippen LogP contribution in [0.2, 0.25) is 0 Å². The Morgan fingerprint density at radius 3 is 2.60 bits per heavy atom. The highest BCUT2D eigenvalue weighted by atomic mass is 19.4. The number of halogens is 3. The number of nitrogens with zero attached hydrogens (tertiary/aromatic N) is 6. The van der Waals surface area contributed by atoms with Crippen LogP contribution >= 0.6 is 0 Å². The predicted molar refractivity (Wildman–Crippen MR) is 138 cm³/mol. The number of carbonyl (C=O) groups is 1. The molecule has 5 heterocycles. The van der Waals surface area contributed by atoms with Crippen LogP contribution in [0.1, 0.15) is 54.3 Å². The number of pyridine rings is 2. The molecule has 0 saturated carbocycles. The van der Waals surface area contributed by atoms with Crippen LogP contribution in [0.4, 0.5) is 19.1 Å². The van der Waals surface area contributed by atoms with Crippen molar-refractivity contribution in [2.75, 3.05) is 25.6 Å². The van der Waals surface area contributed by atoms with Gasteiger partial charge in [0.1, 0.15) is 5.69 Å². The second-order valence-electron chi connectivity index (χ2n) is 10.5. The van der Waals surface area contributed by atoms with Gasteiger partial charge in [0.05, 0.1) is 29.9 Å². The smallest absolute Gasteiger partial charge is 0.394 e. The largest absolute Gasteiger partial charge is 0.433 e. The molecule has 0 aromatic carbocycles. The van der Waals surface area contributed by atoms with Crippen LogP contribution in [0.3, 0.4) is 0 Å². The second kappa shape index (κ2) is 10.5. The Morgan fingerprint density at radius 1 is 1.20 bits per heavy atom. The van der Waals surface area contributed by atoms with Crippen molar-refractivity contribution in [1.82, 2.24) is 34.7 Å². The topological polar surface area (TPSA) is 145 Å². The summed E-state index contributed by atoms with van der Waals surface area (Å²) in [5.74, 6) is -0.431. The van der Waals surface area contributed by atoms with Crippen LogP contribution in [-0.4, -0.2) is 65.7 Å². The molecule has 5 rings (SSSR count). The maximum atomic E-state index is 13.2. The number of ether oxygens (including phenoxy) is 1. The summed E-state index contributed by atoms with van der Waals surface area (Å²) in [4.78, 5) is 21.0. The van der Waals surface area contributed by atoms with E-state index in [-0.39, 0.29) is 35.7 Å². The van der Waals surface area contributed by atoms with E-state index in [0.717, 1.165) is 6.07 Å². The molecule has 0 spiro atoms. The lowest BCUT2D eigenvalue weighted by Crippen LogP contribution is -2.46. The minimum atomic E-state index is -4.54. The highest BCUT2D eigenvalue weighted by Crippen LogP contribution is 2.36. The lowest BCUT2D eigenvalue weighted by molar-refractivity contribution is -0.141. The Balaban J connectivity index is 1.54. The van der Waals surface area contributed by atoms with Gasteiger partial charge in [-0.05, 0) is 50.3 Å². The van der Waals surface area contributed by atoms with Crippen molar-refractivity contribution in [3.8, 4) is 11.1 Å². The van der Waals surface area contributed by atoms with Gasteiger partial charge in [0, 0.05) is 42.9 Å². The highest BCUT2D eigenvalue weighted by Gasteiger charge is 2.34. The number of nitrogens with one attached hydrogen (secondary N) is 1. The third kappa shape index (κ3) is 5.63. The summed E-state index contributed by atoms with van der Waals surface area (Å²) in [5, 5.41) is 21.1. The average Bonchev–Trinajstić information content (AvgIpc) is 3.54. The average molecular weight is 559 g/mol. The van der Waals surface area contributed by atoms with Crippen LogP contribution in [0.5, 0.6) is 0 Å². The first-order chi connectivity index (χ1) is 18.9. The quantitative estimate of drug-likeness (QED) is 0.314. The van der Waals surface area contributed by atoms with E-state index < -0.39 is 23.3 Å². The molecule has 4 N–H and O–H groups in total. The molecule has 1 amide bonds. The van der Waals surface area contributed by atoms with Gasteiger partial charge in [-0.15, -0.1) is 5.10 Å². The summed E-state index contributed by atoms with van der Waals surface area (Å²) in [6.07, 6.45) is 3.18. The number of rotatable bonds is 7. The molecule has 1 aliphatic rings. The SMILES string of the molecule is CC(C)(CO)NC(=O)c1cc(-c2cnn(C(c3ccc(C(F)(F)F)nc3)C3CCOCC3)c2)cn2nc(N)nc12. The summed E-state index contributed by atoms with van der Waals surface area (Å²) in [6.45, 7) is 4.16. The molecule has 14 heteroatoms. The van der Waals surface area contributed by atoms with Crippen LogP contribution in [0, 0.1) is 5.92 Å². The molecule has 4 aromatic rings. The number of hydrogen-bond donors (Lipinski definition) is 3. The molecule has 11 nitrogen and oxygen atoms in total. The number of nitrogen functional groups attached to an aromatic ring is 1. The van der Waals surface area contributed by atoms with E-state index in [4.69, 9.17) is 10.5 Å². The summed E-state index contributed by atoms with van der Waals surface area (Å²) in [6, 6.07) is 3.67. The maximum Gasteiger partial charge on any atom is 0.433 e. The molecule has 212 valence electrons. The summed E-state index contributed by atoms with van der Waals surface area (Å²) < 4.78 is 48.1. The number of aromatic nitrogens is 6. The predicted octanol–water partition coefficient (Wildman–Crippen LogP) is 3.11. The molecule has 40 heavy (non-hydrogen) atoms. The van der Waals surface area contributed by atoms with Crippen LogP contribution in [0.15, 0.2) is 43.0 Å². The number of nitrogens with two attached hydrogens (primary N) is 1. The van der Waals surface area contributed by atoms with Crippen LogP contribution in [0.25, 0.3) is 16.8 Å². The Hall–Kier alpha value is -4.04. The summed E-state index contributed by atoms with van der Waals surface area (Å²) in [5.41, 5.74) is 6.24. The zero-order chi connectivity index (χ0) is 28.7. The molecule has 0 aliphatic carbocycles. The Bertz CT molecular complexity index is 1510. The molecule has 0 bridgehead atoms. The van der Waals surface area contributed by atoms with Crippen molar-refractivity contribution >= 4 is 17.5 Å². The van der Waals surface area contributed by atoms with Gasteiger partial charge < -0.3 is 20.9 Å². The highest BCUT2D eigenvalue weighted by molar-refractivity contribution is 6.01. The zero-order valence-corrected chi connectivity index (χ0v) is 21.9. The lowest BCUT2D eigenvalue weighted by atomic mass is 9.87. The van der Waals surface area contributed by atoms with Gasteiger partial charge in [0.25, 0.3) is 5.91 Å². The fourth-order valence-electron chi connectivity index (χ4n) is 4.80. The van der Waals surface area contributed by atoms with E-state index in [2.05, 4.69) is 25.5 Å². The number of amides is 1. The monoisotopic (exact) mass is 558 g/mol. The van der Waals surface area contributed by atoms with E-state index >= 15 is 0 Å². The summed E-state index contributed by atoms with van der Waals surface area (Å²) in [7, 11) is 0. The fraction of sp³-hybridized carbons (Fsp3) is 0.423. The van der Waals surface area contributed by atoms with Crippen molar-refractivity contribution < 1.29 is 27.8 Å². The second-order valence-corrected chi connectivity index (χ2v) is 10.5. The number of fused-ring (bicyclic) bond motifs is 1. The molecule has 1 atom stereocenters. The number of carbonyl (C=O) groups excluding carboxylic acids is 1. The van der Waals surface area contributed by atoms with Gasteiger partial charge in [0.2, 0.25) is 5.95 Å². The molecular formula is C26H29F3N8O3. The van der Waals surface area contributed by atoms with Gasteiger partial charge in [-0.3, -0.25) is 14.5 Å². The van der Waals surface area contributed by atoms with Crippen LogP contribution < -0.4 is 11.1 Å². The molecule has 1 aliphatic heterocycles. The first kappa shape index (κ1) is 27.5. The van der Waals surface area contributed by atoms with Crippen molar-refractivity contribution in [1.29, 1.82) is 0 Å². The number of aliphatic hydroxyl groups is 1. The number of alkyl halides is 3.